The van der Waals surface area contributed by atoms with Crippen LogP contribution in [0.25, 0.3) is 0 Å². The smallest absolute Gasteiger partial charge is 0.309 e. The SMILES string of the molecule is CCCCCCC(CCCCC)C(=O)OC(C)(C)CC. The summed E-state index contributed by atoms with van der Waals surface area (Å²) in [6.45, 7) is 10.5. The van der Waals surface area contributed by atoms with Gasteiger partial charge in [-0.3, -0.25) is 4.79 Å². The van der Waals surface area contributed by atoms with Crippen LogP contribution in [0, 0.1) is 5.92 Å². The van der Waals surface area contributed by atoms with Crippen LogP contribution in [0.5, 0.6) is 0 Å². The fraction of sp³-hybridized carbons (Fsp3) is 0.944. The van der Waals surface area contributed by atoms with E-state index in [1.165, 1.54) is 32.1 Å². The maximum Gasteiger partial charge on any atom is 0.309 e. The first kappa shape index (κ1) is 19.5. The van der Waals surface area contributed by atoms with Crippen molar-refractivity contribution in [2.75, 3.05) is 0 Å². The summed E-state index contributed by atoms with van der Waals surface area (Å²) < 4.78 is 5.70. The number of hydrogen-bond acceptors (Lipinski definition) is 2. The van der Waals surface area contributed by atoms with Crippen LogP contribution in [-0.4, -0.2) is 11.6 Å². The molecule has 2 nitrogen and oxygen atoms in total. The molecule has 0 heterocycles. The van der Waals surface area contributed by atoms with Crippen LogP contribution in [0.2, 0.25) is 0 Å². The molecule has 0 saturated heterocycles. The summed E-state index contributed by atoms with van der Waals surface area (Å²) in [5, 5.41) is 0. The van der Waals surface area contributed by atoms with E-state index in [0.717, 1.165) is 32.1 Å². The largest absolute Gasteiger partial charge is 0.459 e. The lowest BCUT2D eigenvalue weighted by atomic mass is 9.94. The van der Waals surface area contributed by atoms with E-state index in [0.29, 0.717) is 0 Å². The Morgan fingerprint density at radius 3 is 1.90 bits per heavy atom. The Kier molecular flexibility index (Phi) is 10.9. The zero-order valence-electron chi connectivity index (χ0n) is 14.5. The number of carbonyl (C=O) groups excluding carboxylic acids is 1. The third-order valence-electron chi connectivity index (χ3n) is 4.12. The lowest BCUT2D eigenvalue weighted by Crippen LogP contribution is -2.31. The summed E-state index contributed by atoms with van der Waals surface area (Å²) in [4.78, 5) is 12.4. The summed E-state index contributed by atoms with van der Waals surface area (Å²) >= 11 is 0. The van der Waals surface area contributed by atoms with Gasteiger partial charge in [-0.15, -0.1) is 0 Å². The molecule has 0 aromatic heterocycles. The van der Waals surface area contributed by atoms with E-state index >= 15 is 0 Å². The molecule has 0 rings (SSSR count). The van der Waals surface area contributed by atoms with Gasteiger partial charge in [-0.25, -0.2) is 0 Å². The van der Waals surface area contributed by atoms with Crippen LogP contribution in [0.3, 0.4) is 0 Å². The Morgan fingerprint density at radius 1 is 0.900 bits per heavy atom. The monoisotopic (exact) mass is 284 g/mol. The molecule has 0 saturated carbocycles. The second-order valence-electron chi connectivity index (χ2n) is 6.58. The Hall–Kier alpha value is -0.530. The molecule has 1 unspecified atom stereocenters. The molecule has 0 amide bonds. The number of ether oxygens (including phenoxy) is 1. The summed E-state index contributed by atoms with van der Waals surface area (Å²) in [6, 6.07) is 0. The van der Waals surface area contributed by atoms with E-state index in [2.05, 4.69) is 20.8 Å². The molecule has 0 radical (unpaired) electrons. The van der Waals surface area contributed by atoms with Crippen LogP contribution >= 0.6 is 0 Å². The number of esters is 1. The molecular weight excluding hydrogens is 248 g/mol. The number of hydrogen-bond donors (Lipinski definition) is 0. The van der Waals surface area contributed by atoms with Crippen molar-refractivity contribution in [3.8, 4) is 0 Å². The predicted molar refractivity (Wildman–Crippen MR) is 86.9 cm³/mol. The predicted octanol–water partition coefficient (Wildman–Crippen LogP) is 5.89. The van der Waals surface area contributed by atoms with Crippen LogP contribution in [0.4, 0.5) is 0 Å². The first-order chi connectivity index (χ1) is 9.46. The molecule has 120 valence electrons. The highest BCUT2D eigenvalue weighted by Gasteiger charge is 2.26. The van der Waals surface area contributed by atoms with Gasteiger partial charge < -0.3 is 4.74 Å². The average molecular weight is 284 g/mol. The summed E-state index contributed by atoms with van der Waals surface area (Å²) in [5.74, 6) is 0.147. The van der Waals surface area contributed by atoms with E-state index in [1.807, 2.05) is 13.8 Å². The van der Waals surface area contributed by atoms with Crippen LogP contribution in [0.15, 0.2) is 0 Å². The summed E-state index contributed by atoms with van der Waals surface area (Å²) in [5.41, 5.74) is -0.316. The van der Waals surface area contributed by atoms with Crippen molar-refractivity contribution in [2.24, 2.45) is 5.92 Å². The quantitative estimate of drug-likeness (QED) is 0.330. The van der Waals surface area contributed by atoms with E-state index in [9.17, 15) is 4.79 Å². The third-order valence-corrected chi connectivity index (χ3v) is 4.12. The van der Waals surface area contributed by atoms with Crippen molar-refractivity contribution in [1.29, 1.82) is 0 Å². The fourth-order valence-corrected chi connectivity index (χ4v) is 2.27. The zero-order chi connectivity index (χ0) is 15.4. The average Bonchev–Trinajstić information content (AvgIpc) is 2.41. The molecule has 0 aromatic carbocycles. The van der Waals surface area contributed by atoms with Crippen molar-refractivity contribution < 1.29 is 9.53 Å². The van der Waals surface area contributed by atoms with Crippen LogP contribution in [0.1, 0.15) is 98.8 Å². The molecule has 0 spiro atoms. The second kappa shape index (κ2) is 11.2. The lowest BCUT2D eigenvalue weighted by Gasteiger charge is -2.26. The maximum atomic E-state index is 12.4. The molecule has 0 aliphatic carbocycles. The van der Waals surface area contributed by atoms with E-state index < -0.39 is 0 Å². The highest BCUT2D eigenvalue weighted by atomic mass is 16.6. The topological polar surface area (TPSA) is 26.3 Å². The minimum Gasteiger partial charge on any atom is -0.459 e. The third kappa shape index (κ3) is 9.39. The Labute approximate surface area is 126 Å². The highest BCUT2D eigenvalue weighted by Crippen LogP contribution is 2.23. The van der Waals surface area contributed by atoms with Gasteiger partial charge in [0.2, 0.25) is 0 Å². The van der Waals surface area contributed by atoms with Crippen molar-refractivity contribution >= 4 is 5.97 Å². The van der Waals surface area contributed by atoms with Gasteiger partial charge in [0, 0.05) is 0 Å². The van der Waals surface area contributed by atoms with Crippen molar-refractivity contribution in [2.45, 2.75) is 104 Å². The van der Waals surface area contributed by atoms with E-state index in [1.54, 1.807) is 0 Å². The highest BCUT2D eigenvalue weighted by molar-refractivity contribution is 5.72. The lowest BCUT2D eigenvalue weighted by molar-refractivity contribution is -0.162. The molecule has 0 aromatic rings. The molecule has 0 N–H and O–H groups in total. The van der Waals surface area contributed by atoms with Gasteiger partial charge in [-0.1, -0.05) is 65.7 Å². The van der Waals surface area contributed by atoms with E-state index in [4.69, 9.17) is 4.74 Å². The second-order valence-corrected chi connectivity index (χ2v) is 6.58. The van der Waals surface area contributed by atoms with Gasteiger partial charge in [0.15, 0.2) is 0 Å². The Balaban J connectivity index is 4.29. The molecule has 2 heteroatoms. The van der Waals surface area contributed by atoms with Gasteiger partial charge in [0.25, 0.3) is 0 Å². The van der Waals surface area contributed by atoms with Crippen LogP contribution < -0.4 is 0 Å². The Morgan fingerprint density at radius 2 is 1.40 bits per heavy atom. The maximum absolute atomic E-state index is 12.4. The number of carbonyl (C=O) groups is 1. The minimum absolute atomic E-state index is 0.0319. The molecule has 0 fully saturated rings. The first-order valence-electron chi connectivity index (χ1n) is 8.69. The summed E-state index contributed by atoms with van der Waals surface area (Å²) in [6.07, 6.45) is 11.4. The van der Waals surface area contributed by atoms with Crippen molar-refractivity contribution in [1.82, 2.24) is 0 Å². The number of unbranched alkanes of at least 4 members (excludes halogenated alkanes) is 5. The molecule has 1 atom stereocenters. The summed E-state index contributed by atoms with van der Waals surface area (Å²) in [7, 11) is 0. The van der Waals surface area contributed by atoms with Gasteiger partial charge in [0.1, 0.15) is 5.60 Å². The van der Waals surface area contributed by atoms with Crippen LogP contribution in [-0.2, 0) is 9.53 Å². The molecule has 0 aliphatic rings. The fourth-order valence-electron chi connectivity index (χ4n) is 2.27. The number of rotatable bonds is 12. The first-order valence-corrected chi connectivity index (χ1v) is 8.69. The molecule has 20 heavy (non-hydrogen) atoms. The van der Waals surface area contributed by atoms with E-state index in [-0.39, 0.29) is 17.5 Å². The molecular formula is C18H36O2. The minimum atomic E-state index is -0.316. The molecule has 0 bridgehead atoms. The normalized spacial score (nSPS) is 13.2. The van der Waals surface area contributed by atoms with Gasteiger partial charge in [0.05, 0.1) is 5.92 Å². The molecule has 0 aliphatic heterocycles. The standard InChI is InChI=1S/C18H36O2/c1-6-9-11-13-15-16(14-12-10-7-2)17(19)20-18(4,5)8-3/h16H,6-15H2,1-5H3. The van der Waals surface area contributed by atoms with Gasteiger partial charge in [-0.2, -0.15) is 0 Å². The van der Waals surface area contributed by atoms with Crippen molar-refractivity contribution in [3.05, 3.63) is 0 Å². The van der Waals surface area contributed by atoms with Crippen molar-refractivity contribution in [3.63, 3.8) is 0 Å². The van der Waals surface area contributed by atoms with Gasteiger partial charge in [-0.05, 0) is 33.1 Å². The zero-order valence-corrected chi connectivity index (χ0v) is 14.5. The van der Waals surface area contributed by atoms with Gasteiger partial charge >= 0.3 is 5.97 Å². The Bertz CT molecular complexity index is 246.